The Morgan fingerprint density at radius 3 is 2.40 bits per heavy atom. The van der Waals surface area contributed by atoms with Crippen molar-refractivity contribution in [2.24, 2.45) is 0 Å². The third kappa shape index (κ3) is 5.16. The first kappa shape index (κ1) is 16.4. The van der Waals surface area contributed by atoms with Crippen molar-refractivity contribution >= 4 is 27.9 Å². The van der Waals surface area contributed by atoms with Gasteiger partial charge in [-0.2, -0.15) is 0 Å². The molecule has 6 nitrogen and oxygen atoms in total. The Balaban J connectivity index is 2.73. The topological polar surface area (TPSA) is 84.3 Å². The van der Waals surface area contributed by atoms with Gasteiger partial charge in [0.05, 0.1) is 4.92 Å². The van der Waals surface area contributed by atoms with Crippen LogP contribution in [0.4, 0.5) is 17.1 Å². The van der Waals surface area contributed by atoms with E-state index in [0.29, 0.717) is 18.8 Å². The summed E-state index contributed by atoms with van der Waals surface area (Å²) in [6, 6.07) is 4.86. The molecule has 0 aromatic heterocycles. The van der Waals surface area contributed by atoms with Crippen molar-refractivity contribution in [2.45, 2.75) is 25.5 Å². The van der Waals surface area contributed by atoms with Gasteiger partial charge in [-0.3, -0.25) is 14.3 Å². The first-order valence-corrected chi connectivity index (χ1v) is 8.15. The van der Waals surface area contributed by atoms with E-state index in [2.05, 4.69) is 10.6 Å². The van der Waals surface area contributed by atoms with Gasteiger partial charge < -0.3 is 10.6 Å². The lowest BCUT2D eigenvalue weighted by Crippen LogP contribution is -2.15. The minimum absolute atomic E-state index is 0.0538. The van der Waals surface area contributed by atoms with Gasteiger partial charge in [0.1, 0.15) is 0 Å². The van der Waals surface area contributed by atoms with E-state index in [-0.39, 0.29) is 10.9 Å². The van der Waals surface area contributed by atoms with Crippen molar-refractivity contribution in [2.75, 3.05) is 30.0 Å². The summed E-state index contributed by atoms with van der Waals surface area (Å²) in [5.74, 6) is 0. The van der Waals surface area contributed by atoms with Gasteiger partial charge in [-0.05, 0) is 19.4 Å². The second-order valence-electron chi connectivity index (χ2n) is 4.58. The van der Waals surface area contributed by atoms with E-state index in [1.807, 2.05) is 19.9 Å². The SMILES string of the molecule is CCNc1cc(NCCC(C)S(C)=O)cc([N+](=O)[O-])c1. The minimum atomic E-state index is -0.848. The molecule has 2 atom stereocenters. The van der Waals surface area contributed by atoms with Crippen LogP contribution in [-0.2, 0) is 10.8 Å². The molecular formula is C13H21N3O3S. The Bertz CT molecular complexity index is 494. The zero-order valence-corrected chi connectivity index (χ0v) is 12.8. The molecular weight excluding hydrogens is 278 g/mol. The second-order valence-corrected chi connectivity index (χ2v) is 6.38. The van der Waals surface area contributed by atoms with Gasteiger partial charge in [-0.15, -0.1) is 0 Å². The molecule has 1 aromatic rings. The fourth-order valence-corrected chi connectivity index (χ4v) is 2.16. The Morgan fingerprint density at radius 1 is 1.30 bits per heavy atom. The minimum Gasteiger partial charge on any atom is -0.385 e. The van der Waals surface area contributed by atoms with Crippen LogP contribution in [0.25, 0.3) is 0 Å². The number of nitro benzene ring substituents is 1. The normalized spacial score (nSPS) is 13.6. The first-order valence-electron chi connectivity index (χ1n) is 6.53. The van der Waals surface area contributed by atoms with Gasteiger partial charge in [0.25, 0.3) is 5.69 Å². The number of anilines is 2. The maximum atomic E-state index is 11.3. The number of nitrogens with zero attached hydrogens (tertiary/aromatic N) is 1. The first-order chi connectivity index (χ1) is 9.43. The molecule has 112 valence electrons. The Kier molecular flexibility index (Phi) is 6.44. The monoisotopic (exact) mass is 299 g/mol. The average Bonchev–Trinajstić information content (AvgIpc) is 2.38. The van der Waals surface area contributed by atoms with E-state index in [1.165, 1.54) is 12.1 Å². The predicted octanol–water partition coefficient (Wildman–Crippen LogP) is 2.60. The van der Waals surface area contributed by atoms with Gasteiger partial charge in [0.2, 0.25) is 0 Å². The molecule has 0 fully saturated rings. The van der Waals surface area contributed by atoms with Crippen LogP contribution in [0.3, 0.4) is 0 Å². The van der Waals surface area contributed by atoms with E-state index in [4.69, 9.17) is 0 Å². The van der Waals surface area contributed by atoms with Crippen LogP contribution < -0.4 is 10.6 Å². The third-order valence-electron chi connectivity index (χ3n) is 2.96. The molecule has 1 rings (SSSR count). The van der Waals surface area contributed by atoms with Crippen LogP contribution in [-0.4, -0.2) is 33.7 Å². The smallest absolute Gasteiger partial charge is 0.273 e. The van der Waals surface area contributed by atoms with Gasteiger partial charge in [-0.1, -0.05) is 6.92 Å². The van der Waals surface area contributed by atoms with Gasteiger partial charge in [0.15, 0.2) is 0 Å². The molecule has 0 spiro atoms. The van der Waals surface area contributed by atoms with Crippen LogP contribution in [0.1, 0.15) is 20.3 Å². The molecule has 0 aliphatic rings. The highest BCUT2D eigenvalue weighted by molar-refractivity contribution is 7.84. The Morgan fingerprint density at radius 2 is 1.90 bits per heavy atom. The number of hydrogen-bond acceptors (Lipinski definition) is 5. The van der Waals surface area contributed by atoms with Crippen molar-refractivity contribution in [1.82, 2.24) is 0 Å². The molecule has 1 aromatic carbocycles. The van der Waals surface area contributed by atoms with Crippen molar-refractivity contribution < 1.29 is 9.13 Å². The standard InChI is InChI=1S/C13H21N3O3S/c1-4-14-11-7-12(9-13(8-11)16(17)18)15-6-5-10(2)20(3)19/h7-10,14-15H,4-6H2,1-3H3. The summed E-state index contributed by atoms with van der Waals surface area (Å²) in [5, 5.41) is 17.2. The molecule has 0 heterocycles. The number of benzene rings is 1. The summed E-state index contributed by atoms with van der Waals surface area (Å²) in [6.07, 6.45) is 2.43. The molecule has 2 unspecified atom stereocenters. The van der Waals surface area contributed by atoms with E-state index < -0.39 is 15.7 Å². The fraction of sp³-hybridized carbons (Fsp3) is 0.538. The number of hydrogen-bond donors (Lipinski definition) is 2. The van der Waals surface area contributed by atoms with Crippen molar-refractivity contribution in [3.05, 3.63) is 28.3 Å². The summed E-state index contributed by atoms with van der Waals surface area (Å²) in [5.41, 5.74) is 1.47. The van der Waals surface area contributed by atoms with Gasteiger partial charge in [-0.25, -0.2) is 0 Å². The van der Waals surface area contributed by atoms with Gasteiger partial charge in [0, 0.05) is 58.9 Å². The Labute approximate surface area is 121 Å². The molecule has 0 aliphatic carbocycles. The Hall–Kier alpha value is -1.63. The van der Waals surface area contributed by atoms with E-state index in [9.17, 15) is 14.3 Å². The second kappa shape index (κ2) is 7.84. The lowest BCUT2D eigenvalue weighted by molar-refractivity contribution is -0.384. The van der Waals surface area contributed by atoms with Crippen LogP contribution in [0.5, 0.6) is 0 Å². The van der Waals surface area contributed by atoms with E-state index >= 15 is 0 Å². The van der Waals surface area contributed by atoms with Crippen molar-refractivity contribution in [1.29, 1.82) is 0 Å². The zero-order valence-electron chi connectivity index (χ0n) is 12.0. The van der Waals surface area contributed by atoms with Gasteiger partial charge >= 0.3 is 0 Å². The molecule has 2 N–H and O–H groups in total. The summed E-state index contributed by atoms with van der Waals surface area (Å²) in [7, 11) is -0.848. The highest BCUT2D eigenvalue weighted by Crippen LogP contribution is 2.24. The highest BCUT2D eigenvalue weighted by atomic mass is 32.2. The molecule has 7 heteroatoms. The lowest BCUT2D eigenvalue weighted by Gasteiger charge is -2.12. The molecule has 20 heavy (non-hydrogen) atoms. The zero-order chi connectivity index (χ0) is 15.1. The summed E-state index contributed by atoms with van der Waals surface area (Å²) < 4.78 is 11.3. The maximum Gasteiger partial charge on any atom is 0.273 e. The molecule has 0 amide bonds. The van der Waals surface area contributed by atoms with E-state index in [0.717, 1.165) is 12.1 Å². The molecule has 0 aliphatic heterocycles. The third-order valence-corrected chi connectivity index (χ3v) is 4.33. The maximum absolute atomic E-state index is 11.3. The van der Waals surface area contributed by atoms with E-state index in [1.54, 1.807) is 6.26 Å². The lowest BCUT2D eigenvalue weighted by atomic mass is 10.2. The summed E-state index contributed by atoms with van der Waals surface area (Å²) >= 11 is 0. The van der Waals surface area contributed by atoms with Crippen molar-refractivity contribution in [3.63, 3.8) is 0 Å². The highest BCUT2D eigenvalue weighted by Gasteiger charge is 2.10. The predicted molar refractivity (Wildman–Crippen MR) is 83.9 cm³/mol. The molecule has 0 radical (unpaired) electrons. The largest absolute Gasteiger partial charge is 0.385 e. The van der Waals surface area contributed by atoms with Crippen LogP contribution in [0.15, 0.2) is 18.2 Å². The van der Waals surface area contributed by atoms with Crippen LogP contribution >= 0.6 is 0 Å². The van der Waals surface area contributed by atoms with Crippen LogP contribution in [0, 0.1) is 10.1 Å². The van der Waals surface area contributed by atoms with Crippen LogP contribution in [0.2, 0.25) is 0 Å². The molecule has 0 bridgehead atoms. The fourth-order valence-electron chi connectivity index (χ4n) is 1.71. The quantitative estimate of drug-likeness (QED) is 0.569. The van der Waals surface area contributed by atoms with Crippen molar-refractivity contribution in [3.8, 4) is 0 Å². The number of nitro groups is 1. The molecule has 0 saturated heterocycles. The summed E-state index contributed by atoms with van der Waals surface area (Å²) in [4.78, 5) is 10.5. The number of rotatable bonds is 8. The number of non-ortho nitro benzene ring substituents is 1. The molecule has 0 saturated carbocycles. The average molecular weight is 299 g/mol. The summed E-state index contributed by atoms with van der Waals surface area (Å²) in [6.45, 7) is 5.19. The number of nitrogens with one attached hydrogen (secondary N) is 2.